The molecule has 15 heavy (non-hydrogen) atoms. The molecule has 0 radical (unpaired) electrons. The zero-order valence-electron chi connectivity index (χ0n) is 8.05. The molecule has 82 valence electrons. The van der Waals surface area contributed by atoms with Gasteiger partial charge in [-0.15, -0.1) is 0 Å². The summed E-state index contributed by atoms with van der Waals surface area (Å²) in [6.45, 7) is 0.0210. The Kier molecular flexibility index (Phi) is 2.99. The van der Waals surface area contributed by atoms with Crippen LogP contribution in [0.2, 0.25) is 0 Å². The highest BCUT2D eigenvalue weighted by molar-refractivity contribution is 7.71. The van der Waals surface area contributed by atoms with E-state index < -0.39 is 0 Å². The highest BCUT2D eigenvalue weighted by Gasteiger charge is 2.25. The van der Waals surface area contributed by atoms with E-state index in [1.165, 1.54) is 6.07 Å². The Labute approximate surface area is 91.3 Å². The van der Waals surface area contributed by atoms with Crippen molar-refractivity contribution in [1.29, 1.82) is 0 Å². The van der Waals surface area contributed by atoms with Gasteiger partial charge in [0.2, 0.25) is 0 Å². The molecule has 1 aromatic rings. The molecular weight excluding hydrogens is 216 g/mol. The third-order valence-corrected chi connectivity index (χ3v) is 2.76. The minimum atomic E-state index is -0.215. The van der Waals surface area contributed by atoms with Gasteiger partial charge in [0.15, 0.2) is 4.77 Å². The molecule has 2 heterocycles. The number of aromatic amines is 1. The van der Waals surface area contributed by atoms with Gasteiger partial charge in [-0.2, -0.15) is 0 Å². The van der Waals surface area contributed by atoms with Crippen LogP contribution in [0.5, 0.6) is 0 Å². The quantitative estimate of drug-likeness (QED) is 0.726. The Morgan fingerprint density at radius 3 is 3.07 bits per heavy atom. The number of rotatable bonds is 2. The summed E-state index contributed by atoms with van der Waals surface area (Å²) in [5.74, 6) is 0. The lowest BCUT2D eigenvalue weighted by molar-refractivity contribution is -0.0237. The summed E-state index contributed by atoms with van der Waals surface area (Å²) in [5.41, 5.74) is -0.215. The highest BCUT2D eigenvalue weighted by Crippen LogP contribution is 2.27. The normalized spacial score (nSPS) is 25.7. The Bertz CT molecular complexity index is 453. The van der Waals surface area contributed by atoms with Crippen molar-refractivity contribution >= 4 is 12.2 Å². The van der Waals surface area contributed by atoms with Crippen molar-refractivity contribution in [3.05, 3.63) is 27.4 Å². The second-order valence-corrected chi connectivity index (χ2v) is 3.88. The maximum atomic E-state index is 11.0. The standard InChI is InChI=1S/C9H12N2O3S/c12-5-6-1-2-8(14-6)11-4-3-7(13)10-9(11)15/h3-4,6,8,12H,1-2,5H2,(H,10,13,15)/t6-,8+/m0/s1. The molecule has 1 saturated heterocycles. The molecule has 1 aliphatic rings. The van der Waals surface area contributed by atoms with Gasteiger partial charge >= 0.3 is 0 Å². The Hall–Kier alpha value is -0.980. The van der Waals surface area contributed by atoms with Crippen LogP contribution >= 0.6 is 12.2 Å². The summed E-state index contributed by atoms with van der Waals surface area (Å²) in [7, 11) is 0. The van der Waals surface area contributed by atoms with Gasteiger partial charge in [-0.05, 0) is 25.1 Å². The van der Waals surface area contributed by atoms with Crippen molar-refractivity contribution in [2.24, 2.45) is 0 Å². The molecule has 0 bridgehead atoms. The molecule has 2 N–H and O–H groups in total. The zero-order chi connectivity index (χ0) is 10.8. The predicted molar refractivity (Wildman–Crippen MR) is 56.1 cm³/mol. The second kappa shape index (κ2) is 4.26. The van der Waals surface area contributed by atoms with Crippen LogP contribution in [0.15, 0.2) is 17.1 Å². The lowest BCUT2D eigenvalue weighted by Gasteiger charge is -2.15. The maximum absolute atomic E-state index is 11.0. The molecule has 5 nitrogen and oxygen atoms in total. The van der Waals surface area contributed by atoms with Gasteiger partial charge in [-0.1, -0.05) is 0 Å². The van der Waals surface area contributed by atoms with Gasteiger partial charge in [-0.3, -0.25) is 14.3 Å². The minimum Gasteiger partial charge on any atom is -0.394 e. The molecule has 1 fully saturated rings. The molecule has 2 rings (SSSR count). The molecule has 0 aromatic carbocycles. The molecule has 0 aliphatic carbocycles. The summed E-state index contributed by atoms with van der Waals surface area (Å²) in [5, 5.41) is 8.93. The number of aromatic nitrogens is 2. The van der Waals surface area contributed by atoms with Crippen LogP contribution in [0.1, 0.15) is 19.1 Å². The summed E-state index contributed by atoms with van der Waals surface area (Å²) in [6.07, 6.45) is 2.93. The fourth-order valence-corrected chi connectivity index (χ4v) is 1.96. The molecule has 0 unspecified atom stereocenters. The molecule has 0 spiro atoms. The number of nitrogens with zero attached hydrogens (tertiary/aromatic N) is 1. The van der Waals surface area contributed by atoms with Crippen molar-refractivity contribution in [1.82, 2.24) is 9.55 Å². The van der Waals surface area contributed by atoms with Crippen molar-refractivity contribution < 1.29 is 9.84 Å². The first-order valence-electron chi connectivity index (χ1n) is 4.78. The van der Waals surface area contributed by atoms with E-state index in [-0.39, 0.29) is 24.5 Å². The summed E-state index contributed by atoms with van der Waals surface area (Å²) in [6, 6.07) is 1.41. The molecular formula is C9H12N2O3S. The van der Waals surface area contributed by atoms with Crippen LogP contribution in [-0.4, -0.2) is 27.4 Å². The van der Waals surface area contributed by atoms with Gasteiger partial charge in [0, 0.05) is 12.3 Å². The number of ether oxygens (including phenoxy) is 1. The predicted octanol–water partition coefficient (Wildman–Crippen LogP) is 0.576. The average Bonchev–Trinajstić information content (AvgIpc) is 2.66. The molecule has 6 heteroatoms. The van der Waals surface area contributed by atoms with E-state index in [2.05, 4.69) is 4.98 Å². The van der Waals surface area contributed by atoms with Crippen LogP contribution in [-0.2, 0) is 4.74 Å². The highest BCUT2D eigenvalue weighted by atomic mass is 32.1. The molecule has 1 aromatic heterocycles. The number of aliphatic hydroxyl groups excluding tert-OH is 1. The third-order valence-electron chi connectivity index (χ3n) is 2.45. The van der Waals surface area contributed by atoms with Crippen molar-refractivity contribution in [3.63, 3.8) is 0 Å². The van der Waals surface area contributed by atoms with E-state index in [9.17, 15) is 4.79 Å². The van der Waals surface area contributed by atoms with Crippen molar-refractivity contribution in [3.8, 4) is 0 Å². The van der Waals surface area contributed by atoms with Gasteiger partial charge < -0.3 is 9.84 Å². The van der Waals surface area contributed by atoms with Crippen molar-refractivity contribution in [2.75, 3.05) is 6.61 Å². The Balaban J connectivity index is 2.24. The number of hydrogen-bond donors (Lipinski definition) is 2. The number of hydrogen-bond acceptors (Lipinski definition) is 4. The third kappa shape index (κ3) is 2.17. The first-order valence-corrected chi connectivity index (χ1v) is 5.19. The lowest BCUT2D eigenvalue weighted by atomic mass is 10.2. The van der Waals surface area contributed by atoms with Gasteiger partial charge in [0.05, 0.1) is 12.7 Å². The lowest BCUT2D eigenvalue weighted by Crippen LogP contribution is -2.18. The van der Waals surface area contributed by atoms with Crippen LogP contribution in [0.25, 0.3) is 0 Å². The van der Waals surface area contributed by atoms with E-state index in [1.807, 2.05) is 0 Å². The Morgan fingerprint density at radius 2 is 2.47 bits per heavy atom. The largest absolute Gasteiger partial charge is 0.394 e. The van der Waals surface area contributed by atoms with Crippen LogP contribution < -0.4 is 5.56 Å². The summed E-state index contributed by atoms with van der Waals surface area (Å²) in [4.78, 5) is 13.5. The molecule has 2 atom stereocenters. The number of nitrogens with one attached hydrogen (secondary N) is 1. The van der Waals surface area contributed by atoms with Gasteiger partial charge in [0.1, 0.15) is 6.23 Å². The van der Waals surface area contributed by atoms with E-state index >= 15 is 0 Å². The number of aliphatic hydroxyl groups is 1. The zero-order valence-corrected chi connectivity index (χ0v) is 8.87. The molecule has 0 amide bonds. The smallest absolute Gasteiger partial charge is 0.251 e. The first kappa shape index (κ1) is 10.5. The van der Waals surface area contributed by atoms with Gasteiger partial charge in [-0.25, -0.2) is 0 Å². The van der Waals surface area contributed by atoms with E-state index in [0.29, 0.717) is 4.77 Å². The Morgan fingerprint density at radius 1 is 1.67 bits per heavy atom. The summed E-state index contributed by atoms with van der Waals surface area (Å²) >= 11 is 5.02. The van der Waals surface area contributed by atoms with E-state index in [0.717, 1.165) is 12.8 Å². The van der Waals surface area contributed by atoms with Crippen LogP contribution in [0.4, 0.5) is 0 Å². The van der Waals surface area contributed by atoms with E-state index in [1.54, 1.807) is 10.8 Å². The fraction of sp³-hybridized carbons (Fsp3) is 0.556. The fourth-order valence-electron chi connectivity index (χ4n) is 1.68. The number of H-pyrrole nitrogens is 1. The SMILES string of the molecule is O=c1ccn([C@H]2CC[C@@H](CO)O2)c(=S)[nH]1. The van der Waals surface area contributed by atoms with Gasteiger partial charge in [0.25, 0.3) is 5.56 Å². The van der Waals surface area contributed by atoms with E-state index in [4.69, 9.17) is 22.1 Å². The topological polar surface area (TPSA) is 67.2 Å². The minimum absolute atomic E-state index is 0.0210. The van der Waals surface area contributed by atoms with Crippen LogP contribution in [0.3, 0.4) is 0 Å². The first-order chi connectivity index (χ1) is 7.20. The maximum Gasteiger partial charge on any atom is 0.251 e. The molecule has 0 saturated carbocycles. The molecule has 1 aliphatic heterocycles. The summed E-state index contributed by atoms with van der Waals surface area (Å²) < 4.78 is 7.60. The average molecular weight is 228 g/mol. The van der Waals surface area contributed by atoms with Crippen molar-refractivity contribution in [2.45, 2.75) is 25.2 Å². The second-order valence-electron chi connectivity index (χ2n) is 3.49. The van der Waals surface area contributed by atoms with Crippen LogP contribution in [0, 0.1) is 4.77 Å². The monoisotopic (exact) mass is 228 g/mol.